The van der Waals surface area contributed by atoms with Crippen molar-refractivity contribution >= 4 is 5.69 Å². The summed E-state index contributed by atoms with van der Waals surface area (Å²) in [6, 6.07) is 12.7. The van der Waals surface area contributed by atoms with E-state index >= 15 is 0 Å². The average molecular weight is 429 g/mol. The summed E-state index contributed by atoms with van der Waals surface area (Å²) in [5, 5.41) is 10.3. The van der Waals surface area contributed by atoms with Crippen LogP contribution < -0.4 is 34.5 Å². The molecule has 156 valence electrons. The van der Waals surface area contributed by atoms with Gasteiger partial charge in [0.05, 0.1) is 0 Å². The lowest BCUT2D eigenvalue weighted by Gasteiger charge is -2.36. The summed E-state index contributed by atoms with van der Waals surface area (Å²) >= 11 is 0. The van der Waals surface area contributed by atoms with E-state index in [2.05, 4.69) is 15.9 Å². The molecule has 1 fully saturated rings. The number of hydrogen-bond donors (Lipinski definition) is 1. The van der Waals surface area contributed by atoms with Crippen molar-refractivity contribution in [1.82, 2.24) is 4.90 Å². The topological polar surface area (TPSA) is 35.9 Å². The maximum atomic E-state index is 13.0. The number of aliphatic hydroxyl groups excluding tert-OH is 1. The van der Waals surface area contributed by atoms with Crippen LogP contribution in [0.2, 0.25) is 0 Å². The molecule has 3 rings (SSSR count). The minimum absolute atomic E-state index is 0. The molecular weight excluding hydrogens is 402 g/mol. The third-order valence-electron chi connectivity index (χ3n) is 4.81. The van der Waals surface area contributed by atoms with Gasteiger partial charge in [-0.2, -0.15) is 0 Å². The number of nitrogens with zero attached hydrogens (tertiary/aromatic N) is 2. The van der Waals surface area contributed by atoms with Crippen molar-refractivity contribution in [2.24, 2.45) is 0 Å². The molecule has 1 atom stereocenters. The van der Waals surface area contributed by atoms with Crippen LogP contribution in [0.1, 0.15) is 11.1 Å². The normalized spacial score (nSPS) is 15.4. The second kappa shape index (κ2) is 11.5. The minimum atomic E-state index is -0.521. The second-order valence-corrected chi connectivity index (χ2v) is 7.00. The molecule has 1 aliphatic rings. The zero-order valence-electron chi connectivity index (χ0n) is 16.2. The molecule has 7 heteroatoms. The molecule has 0 bridgehead atoms. The van der Waals surface area contributed by atoms with Crippen LogP contribution in [0.5, 0.6) is 5.75 Å². The van der Waals surface area contributed by atoms with Gasteiger partial charge in [-0.3, -0.25) is 4.90 Å². The number of rotatable bonds is 6. The van der Waals surface area contributed by atoms with E-state index in [0.29, 0.717) is 13.2 Å². The molecule has 0 aliphatic carbocycles. The predicted octanol–water partition coefficient (Wildman–Crippen LogP) is -2.99. The molecule has 0 spiro atoms. The summed E-state index contributed by atoms with van der Waals surface area (Å²) in [5.41, 5.74) is 3.28. The first-order valence-corrected chi connectivity index (χ1v) is 9.12. The highest BCUT2D eigenvalue weighted by molar-refractivity contribution is 5.46. The van der Waals surface area contributed by atoms with Gasteiger partial charge in [0.25, 0.3) is 0 Å². The van der Waals surface area contributed by atoms with Crippen molar-refractivity contribution in [3.05, 3.63) is 59.4 Å². The summed E-state index contributed by atoms with van der Waals surface area (Å²) in [4.78, 5) is 4.49. The van der Waals surface area contributed by atoms with Gasteiger partial charge in [0.2, 0.25) is 0 Å². The molecule has 28 heavy (non-hydrogen) atoms. The second-order valence-electron chi connectivity index (χ2n) is 7.00. The molecule has 1 aliphatic heterocycles. The Labute approximate surface area is 179 Å². The fourth-order valence-corrected chi connectivity index (χ4v) is 3.24. The molecule has 1 saturated heterocycles. The van der Waals surface area contributed by atoms with Crippen LogP contribution in [0, 0.1) is 19.7 Å². The number of aryl methyl sites for hydroxylation is 2. The first kappa shape index (κ1) is 24.5. The van der Waals surface area contributed by atoms with E-state index in [1.807, 2.05) is 38.1 Å². The smallest absolute Gasteiger partial charge is 0.123 e. The lowest BCUT2D eigenvalue weighted by molar-refractivity contribution is -0.001000. The summed E-state index contributed by atoms with van der Waals surface area (Å²) in [5.74, 6) is 0.629. The fraction of sp³-hybridized carbons (Fsp3) is 0.429. The Morgan fingerprint density at radius 1 is 1.00 bits per heavy atom. The summed E-state index contributed by atoms with van der Waals surface area (Å²) in [6.45, 7) is 8.42. The number of β-amino-alcohol motifs (C(OH)–C–C–N with tert-alkyl or cyclic N) is 1. The molecule has 4 nitrogen and oxygen atoms in total. The Balaban J connectivity index is 0.00000196. The maximum Gasteiger partial charge on any atom is 0.123 e. The number of aliphatic hydroxyl groups is 1. The van der Waals surface area contributed by atoms with Crippen LogP contribution in [0.25, 0.3) is 0 Å². The molecular formula is C21H27Cl2FN2O2-2. The third kappa shape index (κ3) is 6.82. The maximum absolute atomic E-state index is 13.0. The molecule has 2 aromatic carbocycles. The largest absolute Gasteiger partial charge is 1.00 e. The predicted molar refractivity (Wildman–Crippen MR) is 102 cm³/mol. The quantitative estimate of drug-likeness (QED) is 0.532. The fourth-order valence-electron chi connectivity index (χ4n) is 3.24. The van der Waals surface area contributed by atoms with Gasteiger partial charge < -0.3 is 39.6 Å². The molecule has 0 aromatic heterocycles. The van der Waals surface area contributed by atoms with Gasteiger partial charge >= 0.3 is 0 Å². The van der Waals surface area contributed by atoms with E-state index in [4.69, 9.17) is 4.74 Å². The Kier molecular flexibility index (Phi) is 10.0. The van der Waals surface area contributed by atoms with E-state index in [0.717, 1.165) is 48.7 Å². The number of piperazine rings is 1. The van der Waals surface area contributed by atoms with Gasteiger partial charge in [-0.1, -0.05) is 12.1 Å². The van der Waals surface area contributed by atoms with Gasteiger partial charge in [-0.05, 0) is 55.3 Å². The summed E-state index contributed by atoms with van der Waals surface area (Å²) < 4.78 is 18.8. The van der Waals surface area contributed by atoms with Gasteiger partial charge in [-0.25, -0.2) is 4.39 Å². The summed E-state index contributed by atoms with van der Waals surface area (Å²) in [6.07, 6.45) is -0.521. The molecule has 0 amide bonds. The molecule has 1 unspecified atom stereocenters. The molecule has 1 heterocycles. The van der Waals surface area contributed by atoms with E-state index in [1.54, 1.807) is 0 Å². The molecule has 0 radical (unpaired) electrons. The highest BCUT2D eigenvalue weighted by atomic mass is 35.5. The van der Waals surface area contributed by atoms with Crippen molar-refractivity contribution in [2.75, 3.05) is 44.2 Å². The van der Waals surface area contributed by atoms with E-state index in [1.165, 1.54) is 12.1 Å². The van der Waals surface area contributed by atoms with Crippen LogP contribution in [-0.2, 0) is 0 Å². The Morgan fingerprint density at radius 2 is 1.64 bits per heavy atom. The lowest BCUT2D eigenvalue weighted by atomic mass is 10.1. The molecule has 1 N–H and O–H groups in total. The standard InChI is InChI=1S/C21H27FN2O2.2ClH/c1-16-3-4-17(2)21(13-16)26-15-20(25)14-23-9-11-24(12-10-23)19-7-5-18(22)6-8-19;;/h3-8,13,20,25H,9-12,14-15H2,1-2H3;2*1H/p-2. The van der Waals surface area contributed by atoms with Gasteiger partial charge in [0.1, 0.15) is 24.3 Å². The van der Waals surface area contributed by atoms with Crippen LogP contribution >= 0.6 is 0 Å². The number of ether oxygens (including phenoxy) is 1. The Bertz CT molecular complexity index is 723. The van der Waals surface area contributed by atoms with Gasteiger partial charge in [-0.15, -0.1) is 0 Å². The lowest BCUT2D eigenvalue weighted by Crippen LogP contribution is -3.00. The monoisotopic (exact) mass is 428 g/mol. The van der Waals surface area contributed by atoms with Crippen LogP contribution in [0.3, 0.4) is 0 Å². The van der Waals surface area contributed by atoms with Crippen molar-refractivity contribution < 1.29 is 39.0 Å². The highest BCUT2D eigenvalue weighted by Gasteiger charge is 2.20. The number of benzene rings is 2. The van der Waals surface area contributed by atoms with Crippen LogP contribution in [0.4, 0.5) is 10.1 Å². The number of hydrogen-bond acceptors (Lipinski definition) is 4. The van der Waals surface area contributed by atoms with Crippen LogP contribution in [-0.4, -0.2) is 55.4 Å². The zero-order chi connectivity index (χ0) is 18.5. The van der Waals surface area contributed by atoms with E-state index in [9.17, 15) is 9.50 Å². The highest BCUT2D eigenvalue weighted by Crippen LogP contribution is 2.20. The Hall–Kier alpha value is -1.53. The van der Waals surface area contributed by atoms with Crippen LogP contribution in [0.15, 0.2) is 42.5 Å². The zero-order valence-corrected chi connectivity index (χ0v) is 17.8. The van der Waals surface area contributed by atoms with Gasteiger partial charge in [0, 0.05) is 38.4 Å². The minimum Gasteiger partial charge on any atom is -1.00 e. The van der Waals surface area contributed by atoms with Crippen molar-refractivity contribution in [2.45, 2.75) is 20.0 Å². The average Bonchev–Trinajstić information content (AvgIpc) is 2.64. The van der Waals surface area contributed by atoms with E-state index < -0.39 is 6.10 Å². The number of anilines is 1. The first-order chi connectivity index (χ1) is 12.5. The van der Waals surface area contributed by atoms with Gasteiger partial charge in [0.15, 0.2) is 0 Å². The SMILES string of the molecule is Cc1ccc(C)c(OCC(O)CN2CCN(c3ccc(F)cc3)CC2)c1.[Cl-].[Cl-]. The van der Waals surface area contributed by atoms with E-state index in [-0.39, 0.29) is 30.6 Å². The molecule has 0 saturated carbocycles. The van der Waals surface area contributed by atoms with Crippen molar-refractivity contribution in [3.63, 3.8) is 0 Å². The summed E-state index contributed by atoms with van der Waals surface area (Å²) in [7, 11) is 0. The molecule has 2 aromatic rings. The van der Waals surface area contributed by atoms with Crippen molar-refractivity contribution in [3.8, 4) is 5.75 Å². The Morgan fingerprint density at radius 3 is 2.29 bits per heavy atom. The first-order valence-electron chi connectivity index (χ1n) is 9.12. The third-order valence-corrected chi connectivity index (χ3v) is 4.81. The van der Waals surface area contributed by atoms with Crippen molar-refractivity contribution in [1.29, 1.82) is 0 Å². The number of halogens is 3.